The first-order valence-electron chi connectivity index (χ1n) is 9.54. The van der Waals surface area contributed by atoms with Gasteiger partial charge in [0.1, 0.15) is 12.1 Å². The Kier molecular flexibility index (Phi) is 7.64. The van der Waals surface area contributed by atoms with Gasteiger partial charge >= 0.3 is 12.0 Å². The molecular formula is C17H30N4O6S. The summed E-state index contributed by atoms with van der Waals surface area (Å²) in [5.74, 6) is -1.22. The van der Waals surface area contributed by atoms with Crippen molar-refractivity contribution in [1.29, 1.82) is 0 Å². The summed E-state index contributed by atoms with van der Waals surface area (Å²) in [6.45, 7) is 1.52. The molecular weight excluding hydrogens is 388 g/mol. The molecule has 0 spiro atoms. The Morgan fingerprint density at radius 1 is 1.11 bits per heavy atom. The van der Waals surface area contributed by atoms with Gasteiger partial charge < -0.3 is 20.3 Å². The number of amides is 3. The lowest BCUT2D eigenvalue weighted by atomic mass is 9.96. The molecule has 160 valence electrons. The molecule has 2 unspecified atom stereocenters. The van der Waals surface area contributed by atoms with Gasteiger partial charge in [-0.05, 0) is 19.8 Å². The highest BCUT2D eigenvalue weighted by Crippen LogP contribution is 2.19. The third-order valence-corrected chi connectivity index (χ3v) is 6.49. The molecule has 1 heterocycles. The third kappa shape index (κ3) is 5.81. The number of hydrogen-bond acceptors (Lipinski definition) is 6. The van der Waals surface area contributed by atoms with Gasteiger partial charge in [-0.2, -0.15) is 4.31 Å². The van der Waals surface area contributed by atoms with E-state index in [1.165, 1.54) is 23.2 Å². The highest BCUT2D eigenvalue weighted by Gasteiger charge is 2.39. The number of carbonyl (C=O) groups excluding carboxylic acids is 3. The van der Waals surface area contributed by atoms with Gasteiger partial charge in [-0.15, -0.1) is 0 Å². The van der Waals surface area contributed by atoms with Gasteiger partial charge in [-0.25, -0.2) is 18.0 Å². The number of nitrogens with zero attached hydrogens (tertiary/aromatic N) is 2. The molecule has 2 N–H and O–H groups in total. The molecule has 0 aromatic carbocycles. The highest BCUT2D eigenvalue weighted by atomic mass is 32.2. The number of urea groups is 1. The van der Waals surface area contributed by atoms with Crippen LogP contribution in [0.25, 0.3) is 0 Å². The molecule has 10 nitrogen and oxygen atoms in total. The molecule has 0 aromatic heterocycles. The molecule has 0 aromatic rings. The molecule has 2 atom stereocenters. The summed E-state index contributed by atoms with van der Waals surface area (Å²) in [5, 5.41) is 5.47. The maximum Gasteiger partial charge on any atom is 0.328 e. The fraction of sp³-hybridized carbons (Fsp3) is 0.824. The van der Waals surface area contributed by atoms with Gasteiger partial charge in [0.05, 0.1) is 13.4 Å². The SMILES string of the molecule is COC(=O)C(C)NC(=O)C1CN(S(C)(=O)=O)CCN1C(=O)NC1CCCCC1. The molecule has 0 bridgehead atoms. The van der Waals surface area contributed by atoms with E-state index < -0.39 is 34.0 Å². The van der Waals surface area contributed by atoms with Crippen molar-refractivity contribution in [3.8, 4) is 0 Å². The molecule has 1 saturated carbocycles. The molecule has 1 aliphatic heterocycles. The minimum atomic E-state index is -3.51. The molecule has 2 aliphatic rings. The predicted molar refractivity (Wildman–Crippen MR) is 102 cm³/mol. The van der Waals surface area contributed by atoms with E-state index in [1.807, 2.05) is 0 Å². The van der Waals surface area contributed by atoms with Crippen LogP contribution in [0.4, 0.5) is 4.79 Å². The Balaban J connectivity index is 2.12. The first kappa shape index (κ1) is 22.4. The van der Waals surface area contributed by atoms with Crippen LogP contribution >= 0.6 is 0 Å². The van der Waals surface area contributed by atoms with Crippen LogP contribution in [0.1, 0.15) is 39.0 Å². The van der Waals surface area contributed by atoms with Crippen molar-refractivity contribution in [2.24, 2.45) is 0 Å². The Hall–Kier alpha value is -1.88. The first-order chi connectivity index (χ1) is 13.1. The maximum absolute atomic E-state index is 12.8. The number of carbonyl (C=O) groups is 3. The summed E-state index contributed by atoms with van der Waals surface area (Å²) in [4.78, 5) is 38.5. The average molecular weight is 419 g/mol. The first-order valence-corrected chi connectivity index (χ1v) is 11.4. The van der Waals surface area contributed by atoms with Crippen molar-refractivity contribution < 1.29 is 27.5 Å². The molecule has 28 heavy (non-hydrogen) atoms. The van der Waals surface area contributed by atoms with Crippen LogP contribution in [0, 0.1) is 0 Å². The second kappa shape index (κ2) is 9.55. The van der Waals surface area contributed by atoms with Gasteiger partial charge in [0.2, 0.25) is 15.9 Å². The molecule has 0 radical (unpaired) electrons. The van der Waals surface area contributed by atoms with Crippen LogP contribution in [0.3, 0.4) is 0 Å². The molecule has 2 fully saturated rings. The molecule has 3 amide bonds. The van der Waals surface area contributed by atoms with Gasteiger partial charge in [0, 0.05) is 25.7 Å². The van der Waals surface area contributed by atoms with Crippen molar-refractivity contribution in [3.05, 3.63) is 0 Å². The van der Waals surface area contributed by atoms with E-state index in [-0.39, 0.29) is 31.7 Å². The molecule has 2 rings (SSSR count). The fourth-order valence-electron chi connectivity index (χ4n) is 3.58. The van der Waals surface area contributed by atoms with Crippen molar-refractivity contribution in [2.45, 2.75) is 57.2 Å². The number of esters is 1. The zero-order chi connectivity index (χ0) is 20.9. The summed E-state index contributed by atoms with van der Waals surface area (Å²) in [6, 6.07) is -2.26. The van der Waals surface area contributed by atoms with E-state index in [0.717, 1.165) is 38.4 Å². The Bertz CT molecular complexity index is 692. The van der Waals surface area contributed by atoms with Crippen LogP contribution in [0.2, 0.25) is 0 Å². The standard InChI is InChI=1S/C17H30N4O6S/c1-12(16(23)27-2)18-15(22)14-11-20(28(3,25)26)9-10-21(14)17(24)19-13-7-5-4-6-8-13/h12-14H,4-11H2,1-3H3,(H,18,22)(H,19,24). The average Bonchev–Trinajstić information content (AvgIpc) is 2.66. The lowest BCUT2D eigenvalue weighted by molar-refractivity contribution is -0.145. The number of piperazine rings is 1. The maximum atomic E-state index is 12.8. The smallest absolute Gasteiger partial charge is 0.328 e. The van der Waals surface area contributed by atoms with E-state index in [9.17, 15) is 22.8 Å². The number of nitrogens with one attached hydrogen (secondary N) is 2. The number of hydrogen-bond donors (Lipinski definition) is 2. The lowest BCUT2D eigenvalue weighted by Crippen LogP contribution is -2.64. The number of methoxy groups -OCH3 is 1. The predicted octanol–water partition coefficient (Wildman–Crippen LogP) is -0.348. The number of ether oxygens (including phenoxy) is 1. The normalized spacial score (nSPS) is 23.0. The fourth-order valence-corrected chi connectivity index (χ4v) is 4.40. The van der Waals surface area contributed by atoms with Crippen molar-refractivity contribution in [2.75, 3.05) is 33.0 Å². The third-order valence-electron chi connectivity index (χ3n) is 5.22. The largest absolute Gasteiger partial charge is 0.467 e. The second-order valence-corrected chi connectivity index (χ2v) is 9.35. The van der Waals surface area contributed by atoms with E-state index in [1.54, 1.807) is 0 Å². The van der Waals surface area contributed by atoms with Crippen molar-refractivity contribution >= 4 is 27.9 Å². The minimum Gasteiger partial charge on any atom is -0.467 e. The number of sulfonamides is 1. The zero-order valence-electron chi connectivity index (χ0n) is 16.6. The van der Waals surface area contributed by atoms with E-state index in [0.29, 0.717) is 0 Å². The summed E-state index contributed by atoms with van der Waals surface area (Å²) >= 11 is 0. The zero-order valence-corrected chi connectivity index (χ0v) is 17.5. The van der Waals surface area contributed by atoms with Crippen molar-refractivity contribution in [1.82, 2.24) is 19.8 Å². The van der Waals surface area contributed by atoms with E-state index in [4.69, 9.17) is 0 Å². The quantitative estimate of drug-likeness (QED) is 0.588. The van der Waals surface area contributed by atoms with Crippen molar-refractivity contribution in [3.63, 3.8) is 0 Å². The van der Waals surface area contributed by atoms with Gasteiger partial charge in [0.25, 0.3) is 0 Å². The Labute approximate surface area is 166 Å². The van der Waals surface area contributed by atoms with Crippen LogP contribution in [-0.4, -0.2) is 86.7 Å². The summed E-state index contributed by atoms with van der Waals surface area (Å²) < 4.78 is 29.6. The van der Waals surface area contributed by atoms with Gasteiger partial charge in [0.15, 0.2) is 0 Å². The summed E-state index contributed by atoms with van der Waals surface area (Å²) in [5.41, 5.74) is 0. The minimum absolute atomic E-state index is 0.0619. The topological polar surface area (TPSA) is 125 Å². The van der Waals surface area contributed by atoms with Gasteiger partial charge in [-0.3, -0.25) is 4.79 Å². The molecule has 1 saturated heterocycles. The molecule has 11 heteroatoms. The van der Waals surface area contributed by atoms with Crippen LogP contribution in [0.15, 0.2) is 0 Å². The monoisotopic (exact) mass is 418 g/mol. The second-order valence-electron chi connectivity index (χ2n) is 7.37. The lowest BCUT2D eigenvalue weighted by Gasteiger charge is -2.40. The van der Waals surface area contributed by atoms with Crippen LogP contribution in [0.5, 0.6) is 0 Å². The van der Waals surface area contributed by atoms with E-state index >= 15 is 0 Å². The summed E-state index contributed by atoms with van der Waals surface area (Å²) in [6.07, 6.45) is 6.10. The number of rotatable bonds is 5. The Morgan fingerprint density at radius 3 is 2.32 bits per heavy atom. The highest BCUT2D eigenvalue weighted by molar-refractivity contribution is 7.88. The molecule has 1 aliphatic carbocycles. The van der Waals surface area contributed by atoms with Crippen LogP contribution in [-0.2, 0) is 24.3 Å². The van der Waals surface area contributed by atoms with E-state index in [2.05, 4.69) is 15.4 Å². The summed E-state index contributed by atoms with van der Waals surface area (Å²) in [7, 11) is -2.31. The van der Waals surface area contributed by atoms with Crippen LogP contribution < -0.4 is 10.6 Å². The van der Waals surface area contributed by atoms with Gasteiger partial charge in [-0.1, -0.05) is 19.3 Å². The Morgan fingerprint density at radius 2 is 1.75 bits per heavy atom.